The molecule has 3 rings (SSSR count). The molecule has 0 saturated heterocycles. The minimum atomic E-state index is 0.221. The normalized spacial score (nSPS) is 14.5. The van der Waals surface area contributed by atoms with E-state index in [1.807, 2.05) is 6.07 Å². The highest BCUT2D eigenvalue weighted by Gasteiger charge is 2.19. The lowest BCUT2D eigenvalue weighted by atomic mass is 9.99. The van der Waals surface area contributed by atoms with E-state index in [4.69, 9.17) is 0 Å². The van der Waals surface area contributed by atoms with E-state index in [-0.39, 0.29) is 5.78 Å². The van der Waals surface area contributed by atoms with Gasteiger partial charge in [-0.25, -0.2) is 0 Å². The molecule has 1 nitrogen and oxygen atoms in total. The lowest BCUT2D eigenvalue weighted by Crippen LogP contribution is -1.97. The van der Waals surface area contributed by atoms with Crippen LogP contribution in [0.5, 0.6) is 0 Å². The summed E-state index contributed by atoms with van der Waals surface area (Å²) in [4.78, 5) is 17.0. The van der Waals surface area contributed by atoms with Gasteiger partial charge < -0.3 is 0 Å². The number of hydrogen-bond donors (Lipinski definition) is 0. The first kappa shape index (κ1) is 12.1. The zero-order valence-electron chi connectivity index (χ0n) is 10.5. The summed E-state index contributed by atoms with van der Waals surface area (Å²) >= 11 is 3.35. The van der Waals surface area contributed by atoms with Crippen LogP contribution >= 0.6 is 22.7 Å². The largest absolute Gasteiger partial charge is 0.287 e. The molecule has 0 radical (unpaired) electrons. The fourth-order valence-electron chi connectivity index (χ4n) is 2.41. The van der Waals surface area contributed by atoms with Crippen LogP contribution in [0.15, 0.2) is 18.2 Å². The molecule has 0 unspecified atom stereocenters. The van der Waals surface area contributed by atoms with Gasteiger partial charge in [0.1, 0.15) is 0 Å². The molecule has 0 aromatic carbocycles. The monoisotopic (exact) mass is 276 g/mol. The molecule has 2 aromatic heterocycles. The SMILES string of the molecule is CCc1ccc(C(=O)c2cc3c(s2)CCCC3)s1. The van der Waals surface area contributed by atoms with Crippen molar-refractivity contribution in [3.05, 3.63) is 43.3 Å². The molecule has 0 atom stereocenters. The van der Waals surface area contributed by atoms with Crippen LogP contribution in [0.1, 0.15) is 49.6 Å². The standard InChI is InChI=1S/C15H16OS2/c1-2-11-7-8-13(17-11)15(16)14-9-10-5-3-4-6-12(10)18-14/h7-9H,2-6H2,1H3. The zero-order valence-corrected chi connectivity index (χ0v) is 12.1. The van der Waals surface area contributed by atoms with Gasteiger partial charge in [0.2, 0.25) is 5.78 Å². The molecule has 1 aliphatic carbocycles. The third-order valence-electron chi connectivity index (χ3n) is 3.45. The summed E-state index contributed by atoms with van der Waals surface area (Å²) in [6, 6.07) is 6.18. The summed E-state index contributed by atoms with van der Waals surface area (Å²) in [6.45, 7) is 2.13. The van der Waals surface area contributed by atoms with Crippen LogP contribution in [0.2, 0.25) is 0 Å². The highest BCUT2D eigenvalue weighted by atomic mass is 32.1. The Hall–Kier alpha value is -0.930. The van der Waals surface area contributed by atoms with Crippen molar-refractivity contribution in [2.24, 2.45) is 0 Å². The van der Waals surface area contributed by atoms with Crippen molar-refractivity contribution in [2.75, 3.05) is 0 Å². The van der Waals surface area contributed by atoms with Crippen LogP contribution in [0.3, 0.4) is 0 Å². The van der Waals surface area contributed by atoms with E-state index in [0.29, 0.717) is 0 Å². The highest BCUT2D eigenvalue weighted by molar-refractivity contribution is 7.17. The number of ketones is 1. The Morgan fingerprint density at radius 1 is 1.17 bits per heavy atom. The molecule has 0 saturated carbocycles. The zero-order chi connectivity index (χ0) is 12.5. The molecule has 0 N–H and O–H groups in total. The van der Waals surface area contributed by atoms with Gasteiger partial charge in [-0.05, 0) is 55.9 Å². The van der Waals surface area contributed by atoms with E-state index in [2.05, 4.69) is 19.1 Å². The smallest absolute Gasteiger partial charge is 0.212 e. The Labute approximate surface area is 115 Å². The second kappa shape index (κ2) is 4.98. The van der Waals surface area contributed by atoms with E-state index < -0.39 is 0 Å². The van der Waals surface area contributed by atoms with Gasteiger partial charge in [-0.15, -0.1) is 22.7 Å². The molecule has 0 spiro atoms. The highest BCUT2D eigenvalue weighted by Crippen LogP contribution is 2.32. The maximum atomic E-state index is 12.4. The van der Waals surface area contributed by atoms with Gasteiger partial charge >= 0.3 is 0 Å². The number of carbonyl (C=O) groups is 1. The van der Waals surface area contributed by atoms with E-state index >= 15 is 0 Å². The molecule has 0 bridgehead atoms. The van der Waals surface area contributed by atoms with E-state index in [9.17, 15) is 4.79 Å². The number of thiophene rings is 2. The first-order valence-electron chi connectivity index (χ1n) is 6.53. The summed E-state index contributed by atoms with van der Waals surface area (Å²) in [6.07, 6.45) is 5.89. The fourth-order valence-corrected chi connectivity index (χ4v) is 4.59. The molecule has 0 amide bonds. The molecule has 0 fully saturated rings. The van der Waals surface area contributed by atoms with Crippen LogP contribution in [-0.2, 0) is 19.3 Å². The number of fused-ring (bicyclic) bond motifs is 1. The lowest BCUT2D eigenvalue weighted by Gasteiger charge is -2.08. The van der Waals surface area contributed by atoms with Crippen LogP contribution in [-0.4, -0.2) is 5.78 Å². The van der Waals surface area contributed by atoms with Gasteiger partial charge in [-0.2, -0.15) is 0 Å². The molecule has 0 aliphatic heterocycles. The van der Waals surface area contributed by atoms with Gasteiger partial charge in [0.05, 0.1) is 9.75 Å². The summed E-state index contributed by atoms with van der Waals surface area (Å²) in [7, 11) is 0. The van der Waals surface area contributed by atoms with Crippen LogP contribution in [0.4, 0.5) is 0 Å². The first-order valence-corrected chi connectivity index (χ1v) is 8.16. The molecule has 2 heterocycles. The summed E-state index contributed by atoms with van der Waals surface area (Å²) < 4.78 is 0. The summed E-state index contributed by atoms with van der Waals surface area (Å²) in [5.74, 6) is 0.221. The van der Waals surface area contributed by atoms with E-state index in [1.165, 1.54) is 28.2 Å². The first-order chi connectivity index (χ1) is 8.78. The van der Waals surface area contributed by atoms with Gasteiger partial charge in [0.15, 0.2) is 0 Å². The number of rotatable bonds is 3. The quantitative estimate of drug-likeness (QED) is 0.755. The molecule has 2 aromatic rings. The molecular weight excluding hydrogens is 260 g/mol. The summed E-state index contributed by atoms with van der Waals surface area (Å²) in [5.41, 5.74) is 1.42. The predicted octanol–water partition coefficient (Wildman–Crippen LogP) is 4.48. The third kappa shape index (κ3) is 2.17. The van der Waals surface area contributed by atoms with Crippen LogP contribution in [0, 0.1) is 0 Å². The van der Waals surface area contributed by atoms with Crippen LogP contribution < -0.4 is 0 Å². The fraction of sp³-hybridized carbons (Fsp3) is 0.400. The van der Waals surface area contributed by atoms with Crippen molar-refractivity contribution in [1.29, 1.82) is 0 Å². The van der Waals surface area contributed by atoms with E-state index in [1.54, 1.807) is 22.7 Å². The molecule has 3 heteroatoms. The third-order valence-corrected chi connectivity index (χ3v) is 5.92. The van der Waals surface area contributed by atoms with E-state index in [0.717, 1.165) is 29.0 Å². The van der Waals surface area contributed by atoms with Gasteiger partial charge in [0.25, 0.3) is 0 Å². The maximum Gasteiger partial charge on any atom is 0.212 e. The Morgan fingerprint density at radius 3 is 2.72 bits per heavy atom. The minimum Gasteiger partial charge on any atom is -0.287 e. The van der Waals surface area contributed by atoms with Crippen molar-refractivity contribution in [2.45, 2.75) is 39.0 Å². The maximum absolute atomic E-state index is 12.4. The topological polar surface area (TPSA) is 17.1 Å². The average Bonchev–Trinajstić information content (AvgIpc) is 3.04. The summed E-state index contributed by atoms with van der Waals surface area (Å²) in [5, 5.41) is 0. The molecule has 1 aliphatic rings. The Morgan fingerprint density at radius 2 is 2.00 bits per heavy atom. The Bertz CT molecular complexity index is 554. The van der Waals surface area contributed by atoms with Gasteiger partial charge in [-0.3, -0.25) is 4.79 Å². The Balaban J connectivity index is 1.89. The number of aryl methyl sites for hydroxylation is 3. The molecule has 94 valence electrons. The van der Waals surface area contributed by atoms with Gasteiger partial charge in [-0.1, -0.05) is 6.92 Å². The lowest BCUT2D eigenvalue weighted by molar-refractivity contribution is 0.104. The second-order valence-corrected chi connectivity index (χ2v) is 7.02. The second-order valence-electron chi connectivity index (χ2n) is 4.71. The van der Waals surface area contributed by atoms with Crippen LogP contribution in [0.25, 0.3) is 0 Å². The predicted molar refractivity (Wildman–Crippen MR) is 78.1 cm³/mol. The number of carbonyl (C=O) groups excluding carboxylic acids is 1. The minimum absolute atomic E-state index is 0.221. The van der Waals surface area contributed by atoms with Crippen molar-refractivity contribution in [3.8, 4) is 0 Å². The molecule has 18 heavy (non-hydrogen) atoms. The van der Waals surface area contributed by atoms with Gasteiger partial charge in [0, 0.05) is 9.75 Å². The molecular formula is C15H16OS2. The van der Waals surface area contributed by atoms with Crippen molar-refractivity contribution in [1.82, 2.24) is 0 Å². The number of hydrogen-bond acceptors (Lipinski definition) is 3. The average molecular weight is 276 g/mol. The van der Waals surface area contributed by atoms with Crippen molar-refractivity contribution in [3.63, 3.8) is 0 Å². The van der Waals surface area contributed by atoms with Crippen molar-refractivity contribution >= 4 is 28.5 Å². The Kier molecular flexibility index (Phi) is 3.35. The van der Waals surface area contributed by atoms with Crippen molar-refractivity contribution < 1.29 is 4.79 Å².